The van der Waals surface area contributed by atoms with Gasteiger partial charge in [-0.25, -0.2) is 15.0 Å². The van der Waals surface area contributed by atoms with E-state index in [0.717, 1.165) is 51.4 Å². The molecule has 0 saturated carbocycles. The molecule has 0 rings (SSSR count). The first-order valence-electron chi connectivity index (χ1n) is 10.6. The number of hydrogen-bond acceptors (Lipinski definition) is 4. The van der Waals surface area contributed by atoms with Gasteiger partial charge in [-0.2, -0.15) is 0 Å². The second kappa shape index (κ2) is 15.8. The quantitative estimate of drug-likeness (QED) is 0.239. The zero-order valence-corrected chi connectivity index (χ0v) is 18.6. The Morgan fingerprint density at radius 3 is 1.86 bits per heavy atom. The Kier molecular flexibility index (Phi) is 15.1. The summed E-state index contributed by atoms with van der Waals surface area (Å²) >= 11 is 0. The maximum Gasteiger partial charge on any atom is 0.303 e. The van der Waals surface area contributed by atoms with Crippen LogP contribution in [-0.2, 0) is 19.4 Å². The van der Waals surface area contributed by atoms with Crippen molar-refractivity contribution in [3.05, 3.63) is 11.4 Å². The molecule has 0 unspecified atom stereocenters. The molecule has 1 N–H and O–H groups in total. The topological polar surface area (TPSA) is 85.0 Å². The van der Waals surface area contributed by atoms with E-state index in [2.05, 4.69) is 4.85 Å². The fourth-order valence-electron chi connectivity index (χ4n) is 2.98. The molecule has 0 bridgehead atoms. The summed E-state index contributed by atoms with van der Waals surface area (Å²) in [7, 11) is -3.01. The number of carboxylic acid groups (broad SMARTS) is 1. The molecule has 0 amide bonds. The lowest BCUT2D eigenvalue weighted by atomic mass is 10.1. The van der Waals surface area contributed by atoms with Crippen LogP contribution in [0.3, 0.4) is 0 Å². The monoisotopic (exact) mass is 417 g/mol. The Balaban J connectivity index is 3.52. The highest BCUT2D eigenvalue weighted by molar-refractivity contribution is 7.91. The third-order valence-electron chi connectivity index (χ3n) is 4.65. The summed E-state index contributed by atoms with van der Waals surface area (Å²) in [6.07, 6.45) is 11.0. The highest BCUT2D eigenvalue weighted by Crippen LogP contribution is 2.13. The van der Waals surface area contributed by atoms with E-state index in [1.54, 1.807) is 0 Å². The average molecular weight is 418 g/mol. The van der Waals surface area contributed by atoms with Crippen LogP contribution < -0.4 is 0 Å². The van der Waals surface area contributed by atoms with E-state index in [9.17, 15) is 13.2 Å². The lowest BCUT2D eigenvalue weighted by molar-refractivity contribution is -0.137. The number of ether oxygens (including phenoxy) is 1. The summed E-state index contributed by atoms with van der Waals surface area (Å²) in [5, 5.41) is 8.56. The van der Waals surface area contributed by atoms with E-state index < -0.39 is 21.4 Å². The predicted octanol–water partition coefficient (Wildman–Crippen LogP) is 4.88. The van der Waals surface area contributed by atoms with Crippen LogP contribution in [0.1, 0.15) is 90.9 Å². The summed E-state index contributed by atoms with van der Waals surface area (Å²) in [4.78, 5) is 13.7. The number of aliphatic carboxylic acids is 1. The summed E-state index contributed by atoms with van der Waals surface area (Å²) in [6, 6.07) is 0. The largest absolute Gasteiger partial charge is 0.481 e. The number of nitrogens with zero attached hydrogens (tertiary/aromatic N) is 1. The van der Waals surface area contributed by atoms with Crippen molar-refractivity contribution in [2.24, 2.45) is 0 Å². The molecule has 6 nitrogen and oxygen atoms in total. The second-order valence-corrected chi connectivity index (χ2v) is 10.4. The molecule has 7 heteroatoms. The summed E-state index contributed by atoms with van der Waals surface area (Å²) in [6.45, 7) is 11.2. The molecule has 0 aromatic carbocycles. The molecule has 0 aliphatic rings. The highest BCUT2D eigenvalue weighted by Gasteiger charge is 2.22. The second-order valence-electron chi connectivity index (χ2n) is 8.11. The third-order valence-corrected chi connectivity index (χ3v) is 6.47. The molecule has 0 saturated heterocycles. The van der Waals surface area contributed by atoms with E-state index in [1.165, 1.54) is 12.8 Å². The van der Waals surface area contributed by atoms with Gasteiger partial charge in [0.05, 0.1) is 11.5 Å². The van der Waals surface area contributed by atoms with Gasteiger partial charge in [0, 0.05) is 13.0 Å². The number of sulfone groups is 1. The molecule has 0 spiro atoms. The van der Waals surface area contributed by atoms with Crippen molar-refractivity contribution in [3.63, 3.8) is 0 Å². The number of rotatable bonds is 19. The van der Waals surface area contributed by atoms with Gasteiger partial charge >= 0.3 is 5.97 Å². The number of hydrogen-bond donors (Lipinski definition) is 1. The van der Waals surface area contributed by atoms with Crippen molar-refractivity contribution in [1.29, 1.82) is 0 Å². The van der Waals surface area contributed by atoms with Gasteiger partial charge in [-0.3, -0.25) is 4.79 Å². The number of carboxylic acids is 1. The van der Waals surface area contributed by atoms with Crippen LogP contribution in [0.4, 0.5) is 0 Å². The maximum absolute atomic E-state index is 12.0. The van der Waals surface area contributed by atoms with Gasteiger partial charge in [0.1, 0.15) is 15.4 Å². The number of unbranched alkanes of at least 4 members (excludes halogenated alkanes) is 9. The minimum Gasteiger partial charge on any atom is -0.481 e. The third kappa shape index (κ3) is 18.2. The Morgan fingerprint density at radius 1 is 0.893 bits per heavy atom. The highest BCUT2D eigenvalue weighted by atomic mass is 32.2. The minimum atomic E-state index is -3.01. The SMILES string of the molecule is [C-]#[N+]CC(C)(C)OCCCS(=O)(=O)CCCCCCCCCCCCC(=O)O. The molecule has 0 aliphatic carbocycles. The van der Waals surface area contributed by atoms with Gasteiger partial charge in [-0.15, -0.1) is 0 Å². The summed E-state index contributed by atoms with van der Waals surface area (Å²) in [5.74, 6) is -0.304. The molecule has 0 heterocycles. The molecule has 0 fully saturated rings. The van der Waals surface area contributed by atoms with E-state index in [0.29, 0.717) is 13.0 Å². The lowest BCUT2D eigenvalue weighted by Gasteiger charge is -2.19. The van der Waals surface area contributed by atoms with Gasteiger partial charge in [-0.05, 0) is 33.1 Å². The van der Waals surface area contributed by atoms with Gasteiger partial charge in [0.25, 0.3) is 0 Å². The first-order valence-corrected chi connectivity index (χ1v) is 12.4. The van der Waals surface area contributed by atoms with E-state index in [4.69, 9.17) is 16.4 Å². The van der Waals surface area contributed by atoms with E-state index in [1.807, 2.05) is 13.8 Å². The zero-order valence-electron chi connectivity index (χ0n) is 17.7. The van der Waals surface area contributed by atoms with Crippen molar-refractivity contribution < 1.29 is 23.1 Å². The van der Waals surface area contributed by atoms with Crippen LogP contribution >= 0.6 is 0 Å². The van der Waals surface area contributed by atoms with Crippen LogP contribution in [0, 0.1) is 6.57 Å². The Bertz CT molecular complexity index is 552. The molecule has 28 heavy (non-hydrogen) atoms. The maximum atomic E-state index is 12.0. The molecule has 0 aliphatic heterocycles. The molecular formula is C21H39NO5S. The van der Waals surface area contributed by atoms with Gasteiger partial charge in [0.15, 0.2) is 0 Å². The summed E-state index contributed by atoms with van der Waals surface area (Å²) in [5.41, 5.74) is -0.510. The van der Waals surface area contributed by atoms with Crippen molar-refractivity contribution in [1.82, 2.24) is 0 Å². The van der Waals surface area contributed by atoms with Crippen LogP contribution in [0.5, 0.6) is 0 Å². The lowest BCUT2D eigenvalue weighted by Crippen LogP contribution is -2.28. The Hall–Kier alpha value is -1.13. The molecule has 0 aromatic rings. The predicted molar refractivity (Wildman–Crippen MR) is 113 cm³/mol. The van der Waals surface area contributed by atoms with Crippen molar-refractivity contribution in [2.75, 3.05) is 24.7 Å². The standard InChI is InChI=1S/C21H39NO5S/c1-21(2,19-22-3)27-16-14-18-28(25,26)17-13-11-9-7-5-4-6-8-10-12-15-20(23)24/h4-19H2,1-2H3,(H,23,24). The molecule has 164 valence electrons. The van der Waals surface area contributed by atoms with Crippen LogP contribution in [0.25, 0.3) is 4.85 Å². The van der Waals surface area contributed by atoms with Crippen molar-refractivity contribution in [2.45, 2.75) is 96.5 Å². The van der Waals surface area contributed by atoms with Crippen LogP contribution in [-0.4, -0.2) is 49.8 Å². The number of carbonyl (C=O) groups is 1. The zero-order chi connectivity index (χ0) is 21.3. The van der Waals surface area contributed by atoms with E-state index >= 15 is 0 Å². The first-order chi connectivity index (χ1) is 13.2. The normalized spacial score (nSPS) is 12.0. The first kappa shape index (κ1) is 26.9. The Labute approximate surface area is 171 Å². The Morgan fingerprint density at radius 2 is 1.36 bits per heavy atom. The summed E-state index contributed by atoms with van der Waals surface area (Å²) < 4.78 is 29.7. The van der Waals surface area contributed by atoms with E-state index in [-0.39, 0.29) is 24.5 Å². The fraction of sp³-hybridized carbons (Fsp3) is 0.905. The molecule has 0 radical (unpaired) electrons. The van der Waals surface area contributed by atoms with Crippen LogP contribution in [0.2, 0.25) is 0 Å². The minimum absolute atomic E-state index is 0.156. The smallest absolute Gasteiger partial charge is 0.303 e. The molecule has 0 atom stereocenters. The van der Waals surface area contributed by atoms with Crippen molar-refractivity contribution >= 4 is 15.8 Å². The fourth-order valence-corrected chi connectivity index (χ4v) is 4.38. The van der Waals surface area contributed by atoms with Gasteiger partial charge < -0.3 is 14.7 Å². The van der Waals surface area contributed by atoms with Gasteiger partial charge in [0.2, 0.25) is 6.54 Å². The average Bonchev–Trinajstić information content (AvgIpc) is 2.59. The molecule has 0 aromatic heterocycles. The molecular weight excluding hydrogens is 378 g/mol. The van der Waals surface area contributed by atoms with Crippen molar-refractivity contribution in [3.8, 4) is 0 Å². The van der Waals surface area contributed by atoms with Gasteiger partial charge in [-0.1, -0.05) is 51.4 Å². The van der Waals surface area contributed by atoms with Crippen LogP contribution in [0.15, 0.2) is 0 Å².